The smallest absolute Gasteiger partial charge is 0.328 e. The number of carbonyl (C=O) groups is 1. The minimum atomic E-state index is -0.174. The summed E-state index contributed by atoms with van der Waals surface area (Å²) in [5.74, 6) is -0.146. The lowest BCUT2D eigenvalue weighted by atomic mass is 10.2. The molecule has 2 rings (SSSR count). The van der Waals surface area contributed by atoms with Crippen LogP contribution >= 0.6 is 11.3 Å². The highest BCUT2D eigenvalue weighted by molar-refractivity contribution is 7.15. The first-order chi connectivity index (χ1) is 7.72. The zero-order valence-corrected chi connectivity index (χ0v) is 10.3. The van der Waals surface area contributed by atoms with Gasteiger partial charge in [0.05, 0.1) is 6.61 Å². The molecule has 1 saturated heterocycles. The number of anilines is 1. The van der Waals surface area contributed by atoms with Gasteiger partial charge in [-0.15, -0.1) is 10.2 Å². The second kappa shape index (κ2) is 4.78. The molecule has 0 aliphatic carbocycles. The van der Waals surface area contributed by atoms with E-state index in [4.69, 9.17) is 4.74 Å². The zero-order valence-electron chi connectivity index (χ0n) is 9.47. The van der Waals surface area contributed by atoms with Crippen LogP contribution in [0.15, 0.2) is 0 Å². The van der Waals surface area contributed by atoms with Gasteiger partial charge in [-0.25, -0.2) is 4.79 Å². The lowest BCUT2D eigenvalue weighted by molar-refractivity contribution is -0.144. The molecule has 0 saturated carbocycles. The van der Waals surface area contributed by atoms with E-state index in [1.165, 1.54) is 11.3 Å². The van der Waals surface area contributed by atoms with Gasteiger partial charge >= 0.3 is 5.97 Å². The molecule has 6 heteroatoms. The van der Waals surface area contributed by atoms with Gasteiger partial charge in [0.15, 0.2) is 0 Å². The van der Waals surface area contributed by atoms with Gasteiger partial charge in [-0.1, -0.05) is 11.3 Å². The first kappa shape index (κ1) is 11.3. The highest BCUT2D eigenvalue weighted by Crippen LogP contribution is 2.28. The van der Waals surface area contributed by atoms with Gasteiger partial charge in [0, 0.05) is 6.54 Å². The predicted octanol–water partition coefficient (Wildman–Crippen LogP) is 1.38. The summed E-state index contributed by atoms with van der Waals surface area (Å²) >= 11 is 1.52. The zero-order chi connectivity index (χ0) is 11.5. The molecule has 2 heterocycles. The van der Waals surface area contributed by atoms with E-state index in [9.17, 15) is 4.79 Å². The Kier molecular flexibility index (Phi) is 3.38. The van der Waals surface area contributed by atoms with Crippen molar-refractivity contribution in [2.75, 3.05) is 18.1 Å². The van der Waals surface area contributed by atoms with Crippen molar-refractivity contribution in [3.8, 4) is 0 Å². The molecular weight excluding hydrogens is 226 g/mol. The first-order valence-corrected chi connectivity index (χ1v) is 6.27. The third-order valence-electron chi connectivity index (χ3n) is 2.57. The van der Waals surface area contributed by atoms with Gasteiger partial charge in [-0.05, 0) is 26.7 Å². The summed E-state index contributed by atoms with van der Waals surface area (Å²) in [6.07, 6.45) is 1.85. The molecule has 1 atom stereocenters. The molecule has 1 unspecified atom stereocenters. The Hall–Kier alpha value is -1.17. The molecule has 1 aliphatic rings. The molecule has 1 aromatic rings. The van der Waals surface area contributed by atoms with Gasteiger partial charge in [-0.3, -0.25) is 0 Å². The van der Waals surface area contributed by atoms with Crippen molar-refractivity contribution in [3.63, 3.8) is 0 Å². The van der Waals surface area contributed by atoms with Crippen LogP contribution in [0.5, 0.6) is 0 Å². The molecule has 1 aliphatic heterocycles. The minimum Gasteiger partial charge on any atom is -0.464 e. The van der Waals surface area contributed by atoms with Gasteiger partial charge in [0.25, 0.3) is 0 Å². The van der Waals surface area contributed by atoms with Gasteiger partial charge < -0.3 is 9.64 Å². The van der Waals surface area contributed by atoms with Crippen LogP contribution in [0, 0.1) is 6.92 Å². The number of nitrogens with zero attached hydrogens (tertiary/aromatic N) is 3. The van der Waals surface area contributed by atoms with Crippen molar-refractivity contribution in [2.45, 2.75) is 32.7 Å². The van der Waals surface area contributed by atoms with E-state index in [1.807, 2.05) is 18.7 Å². The Labute approximate surface area is 98.4 Å². The van der Waals surface area contributed by atoms with E-state index in [0.717, 1.165) is 29.5 Å². The van der Waals surface area contributed by atoms with Crippen LogP contribution in [0.25, 0.3) is 0 Å². The van der Waals surface area contributed by atoms with E-state index in [0.29, 0.717) is 6.61 Å². The number of aromatic nitrogens is 2. The molecule has 88 valence electrons. The largest absolute Gasteiger partial charge is 0.464 e. The highest BCUT2D eigenvalue weighted by Gasteiger charge is 2.33. The predicted molar refractivity (Wildman–Crippen MR) is 61.6 cm³/mol. The quantitative estimate of drug-likeness (QED) is 0.748. The van der Waals surface area contributed by atoms with Gasteiger partial charge in [0.1, 0.15) is 11.0 Å². The number of hydrogen-bond donors (Lipinski definition) is 0. The van der Waals surface area contributed by atoms with Crippen LogP contribution in [0.3, 0.4) is 0 Å². The normalized spacial score (nSPS) is 20.1. The highest BCUT2D eigenvalue weighted by atomic mass is 32.1. The average Bonchev–Trinajstić information content (AvgIpc) is 2.85. The van der Waals surface area contributed by atoms with Crippen LogP contribution in [-0.2, 0) is 9.53 Å². The third kappa shape index (κ3) is 2.16. The summed E-state index contributed by atoms with van der Waals surface area (Å²) in [5, 5.41) is 9.80. The van der Waals surface area contributed by atoms with Gasteiger partial charge in [-0.2, -0.15) is 0 Å². The van der Waals surface area contributed by atoms with Crippen molar-refractivity contribution < 1.29 is 9.53 Å². The maximum Gasteiger partial charge on any atom is 0.328 e. The molecule has 0 amide bonds. The van der Waals surface area contributed by atoms with E-state index in [2.05, 4.69) is 10.2 Å². The van der Waals surface area contributed by atoms with Crippen molar-refractivity contribution in [2.24, 2.45) is 0 Å². The van der Waals surface area contributed by atoms with E-state index < -0.39 is 0 Å². The fourth-order valence-corrected chi connectivity index (χ4v) is 2.64. The number of carbonyl (C=O) groups excluding carboxylic acids is 1. The molecule has 1 fully saturated rings. The van der Waals surface area contributed by atoms with Crippen molar-refractivity contribution in [3.05, 3.63) is 5.01 Å². The third-order valence-corrected chi connectivity index (χ3v) is 3.45. The molecule has 5 nitrogen and oxygen atoms in total. The van der Waals surface area contributed by atoms with Crippen molar-refractivity contribution >= 4 is 22.4 Å². The maximum atomic E-state index is 11.7. The van der Waals surface area contributed by atoms with Crippen LogP contribution in [-0.4, -0.2) is 35.4 Å². The standard InChI is InChI=1S/C10H15N3O2S/c1-3-15-9(14)8-5-4-6-13(8)10-12-11-7(2)16-10/h8H,3-6H2,1-2H3. The van der Waals surface area contributed by atoms with Crippen LogP contribution in [0.4, 0.5) is 5.13 Å². The first-order valence-electron chi connectivity index (χ1n) is 5.45. The molecule has 16 heavy (non-hydrogen) atoms. The monoisotopic (exact) mass is 241 g/mol. The van der Waals surface area contributed by atoms with E-state index in [-0.39, 0.29) is 12.0 Å². The number of esters is 1. The summed E-state index contributed by atoms with van der Waals surface area (Å²) in [5.41, 5.74) is 0. The Morgan fingerprint density at radius 3 is 3.06 bits per heavy atom. The minimum absolute atomic E-state index is 0.146. The number of aryl methyl sites for hydroxylation is 1. The molecule has 0 aromatic carbocycles. The number of ether oxygens (including phenoxy) is 1. The lowest BCUT2D eigenvalue weighted by Gasteiger charge is -2.21. The van der Waals surface area contributed by atoms with Crippen LogP contribution < -0.4 is 4.90 Å². The molecule has 0 spiro atoms. The summed E-state index contributed by atoms with van der Waals surface area (Å²) in [6.45, 7) is 5.03. The number of rotatable bonds is 3. The van der Waals surface area contributed by atoms with E-state index in [1.54, 1.807) is 0 Å². The van der Waals surface area contributed by atoms with Crippen LogP contribution in [0.1, 0.15) is 24.8 Å². The summed E-state index contributed by atoms with van der Waals surface area (Å²) in [6, 6.07) is -0.174. The lowest BCUT2D eigenvalue weighted by Crippen LogP contribution is -2.37. The average molecular weight is 241 g/mol. The molecule has 0 bridgehead atoms. The van der Waals surface area contributed by atoms with Crippen molar-refractivity contribution in [1.82, 2.24) is 10.2 Å². The van der Waals surface area contributed by atoms with Gasteiger partial charge in [0.2, 0.25) is 5.13 Å². The summed E-state index contributed by atoms with van der Waals surface area (Å²) in [4.78, 5) is 13.7. The Balaban J connectivity index is 2.11. The number of hydrogen-bond acceptors (Lipinski definition) is 6. The molecule has 0 radical (unpaired) electrons. The Morgan fingerprint density at radius 1 is 1.62 bits per heavy atom. The summed E-state index contributed by atoms with van der Waals surface area (Å²) < 4.78 is 5.06. The molecule has 0 N–H and O–H groups in total. The molecule has 1 aromatic heterocycles. The fraction of sp³-hybridized carbons (Fsp3) is 0.700. The maximum absolute atomic E-state index is 11.7. The second-order valence-electron chi connectivity index (χ2n) is 3.71. The fourth-order valence-electron chi connectivity index (χ4n) is 1.88. The summed E-state index contributed by atoms with van der Waals surface area (Å²) in [7, 11) is 0. The Bertz CT molecular complexity index is 380. The molecular formula is C10H15N3O2S. The SMILES string of the molecule is CCOC(=O)C1CCCN1c1nnc(C)s1. The van der Waals surface area contributed by atoms with Crippen LogP contribution in [0.2, 0.25) is 0 Å². The second-order valence-corrected chi connectivity index (χ2v) is 4.87. The van der Waals surface area contributed by atoms with E-state index >= 15 is 0 Å². The topological polar surface area (TPSA) is 55.3 Å². The van der Waals surface area contributed by atoms with Crippen molar-refractivity contribution in [1.29, 1.82) is 0 Å². The Morgan fingerprint density at radius 2 is 2.44 bits per heavy atom.